The number of rotatable bonds is 9. The topological polar surface area (TPSA) is 35.9 Å². The van der Waals surface area contributed by atoms with E-state index in [2.05, 4.69) is 30.8 Å². The molecule has 2 unspecified atom stereocenters. The minimum Gasteiger partial charge on any atom is -0.389 e. The molecule has 1 aliphatic rings. The van der Waals surface area contributed by atoms with E-state index in [1.807, 2.05) is 0 Å². The predicted molar refractivity (Wildman–Crippen MR) is 74.9 cm³/mol. The summed E-state index contributed by atoms with van der Waals surface area (Å²) < 4.78 is 5.48. The number of likely N-dealkylation sites (tertiary alicyclic amines) is 1. The second-order valence-electron chi connectivity index (χ2n) is 5.64. The Labute approximate surface area is 112 Å². The molecule has 1 heterocycles. The van der Waals surface area contributed by atoms with Crippen LogP contribution in [0.1, 0.15) is 32.6 Å². The van der Waals surface area contributed by atoms with Crippen LogP contribution in [0.3, 0.4) is 0 Å². The first-order chi connectivity index (χ1) is 8.63. The van der Waals surface area contributed by atoms with Crippen molar-refractivity contribution in [2.24, 2.45) is 0 Å². The highest BCUT2D eigenvalue weighted by Gasteiger charge is 2.26. The molecule has 0 radical (unpaired) electrons. The lowest BCUT2D eigenvalue weighted by molar-refractivity contribution is 0.0121. The van der Waals surface area contributed by atoms with Gasteiger partial charge in [0.1, 0.15) is 0 Å². The monoisotopic (exact) mass is 258 g/mol. The van der Waals surface area contributed by atoms with Crippen LogP contribution >= 0.6 is 0 Å². The lowest BCUT2D eigenvalue weighted by Gasteiger charge is -2.28. The van der Waals surface area contributed by atoms with Crippen LogP contribution in [0.4, 0.5) is 0 Å². The Morgan fingerprint density at radius 1 is 1.44 bits per heavy atom. The number of ether oxygens (including phenoxy) is 1. The summed E-state index contributed by atoms with van der Waals surface area (Å²) in [5.74, 6) is 0. The van der Waals surface area contributed by atoms with Gasteiger partial charge in [-0.15, -0.1) is 0 Å². The third-order valence-corrected chi connectivity index (χ3v) is 3.47. The first-order valence-corrected chi connectivity index (χ1v) is 7.28. The van der Waals surface area contributed by atoms with Gasteiger partial charge in [-0.25, -0.2) is 0 Å². The zero-order valence-corrected chi connectivity index (χ0v) is 12.3. The van der Waals surface area contributed by atoms with Crippen molar-refractivity contribution in [2.75, 3.05) is 46.9 Å². The molecule has 1 N–H and O–H groups in total. The van der Waals surface area contributed by atoms with E-state index in [4.69, 9.17) is 4.74 Å². The summed E-state index contributed by atoms with van der Waals surface area (Å²) in [7, 11) is 4.22. The van der Waals surface area contributed by atoms with E-state index in [0.717, 1.165) is 39.1 Å². The van der Waals surface area contributed by atoms with Gasteiger partial charge >= 0.3 is 0 Å². The molecule has 4 heteroatoms. The number of β-amino-alcohol motifs (C(OH)–C–C–N with tert-alkyl or cyclic N) is 1. The molecule has 0 aromatic heterocycles. The van der Waals surface area contributed by atoms with Crippen molar-refractivity contribution in [3.63, 3.8) is 0 Å². The molecule has 0 aromatic carbocycles. The first kappa shape index (κ1) is 15.9. The minimum atomic E-state index is -0.343. The van der Waals surface area contributed by atoms with Gasteiger partial charge in [-0.1, -0.05) is 13.3 Å². The van der Waals surface area contributed by atoms with Crippen LogP contribution < -0.4 is 0 Å². The molecule has 2 atom stereocenters. The van der Waals surface area contributed by atoms with Gasteiger partial charge in [0, 0.05) is 25.7 Å². The molecule has 0 aromatic rings. The SMILES string of the molecule is CCCCOCC(O)CN1CCCC1CN(C)C. The molecular formula is C14H30N2O2. The van der Waals surface area contributed by atoms with Gasteiger partial charge in [-0.05, 0) is 39.9 Å². The van der Waals surface area contributed by atoms with Crippen LogP contribution in [-0.4, -0.2) is 74.0 Å². The Hall–Kier alpha value is -0.160. The largest absolute Gasteiger partial charge is 0.389 e. The highest BCUT2D eigenvalue weighted by molar-refractivity contribution is 4.82. The van der Waals surface area contributed by atoms with E-state index in [-0.39, 0.29) is 6.10 Å². The molecule has 0 bridgehead atoms. The standard InChI is InChI=1S/C14H30N2O2/c1-4-5-9-18-12-14(17)11-16-8-6-7-13(16)10-15(2)3/h13-14,17H,4-12H2,1-3H3. The van der Waals surface area contributed by atoms with Crippen LogP contribution in [0, 0.1) is 0 Å². The summed E-state index contributed by atoms with van der Waals surface area (Å²) in [6.07, 6.45) is 4.39. The van der Waals surface area contributed by atoms with Crippen LogP contribution in [0.15, 0.2) is 0 Å². The van der Waals surface area contributed by atoms with Crippen LogP contribution in [0.25, 0.3) is 0 Å². The van der Waals surface area contributed by atoms with Crippen LogP contribution in [-0.2, 0) is 4.74 Å². The van der Waals surface area contributed by atoms with Crippen molar-refractivity contribution in [1.29, 1.82) is 0 Å². The van der Waals surface area contributed by atoms with E-state index in [1.165, 1.54) is 12.8 Å². The van der Waals surface area contributed by atoms with Crippen molar-refractivity contribution in [1.82, 2.24) is 9.80 Å². The molecule has 1 saturated heterocycles. The molecule has 1 fully saturated rings. The van der Waals surface area contributed by atoms with Gasteiger partial charge in [0.2, 0.25) is 0 Å². The maximum absolute atomic E-state index is 9.98. The predicted octanol–water partition coefficient (Wildman–Crippen LogP) is 1.19. The number of aliphatic hydroxyl groups excluding tert-OH is 1. The van der Waals surface area contributed by atoms with Crippen molar-refractivity contribution in [3.8, 4) is 0 Å². The second kappa shape index (κ2) is 8.86. The fourth-order valence-corrected chi connectivity index (χ4v) is 2.55. The zero-order valence-electron chi connectivity index (χ0n) is 12.3. The van der Waals surface area contributed by atoms with Gasteiger partial charge in [-0.2, -0.15) is 0 Å². The number of hydrogen-bond acceptors (Lipinski definition) is 4. The van der Waals surface area contributed by atoms with E-state index < -0.39 is 0 Å². The summed E-state index contributed by atoms with van der Waals surface area (Å²) >= 11 is 0. The molecule has 4 nitrogen and oxygen atoms in total. The Kier molecular flexibility index (Phi) is 7.82. The van der Waals surface area contributed by atoms with Gasteiger partial charge in [-0.3, -0.25) is 4.90 Å². The molecule has 18 heavy (non-hydrogen) atoms. The average molecular weight is 258 g/mol. The Bertz CT molecular complexity index is 212. The fourth-order valence-electron chi connectivity index (χ4n) is 2.55. The first-order valence-electron chi connectivity index (χ1n) is 7.28. The minimum absolute atomic E-state index is 0.343. The summed E-state index contributed by atoms with van der Waals surface area (Å²) in [6, 6.07) is 0.602. The van der Waals surface area contributed by atoms with Crippen molar-refractivity contribution < 1.29 is 9.84 Å². The molecular weight excluding hydrogens is 228 g/mol. The van der Waals surface area contributed by atoms with E-state index in [9.17, 15) is 5.11 Å². The van der Waals surface area contributed by atoms with E-state index in [0.29, 0.717) is 12.6 Å². The quantitative estimate of drug-likeness (QED) is 0.630. The van der Waals surface area contributed by atoms with Crippen molar-refractivity contribution in [3.05, 3.63) is 0 Å². The Morgan fingerprint density at radius 3 is 2.89 bits per heavy atom. The zero-order chi connectivity index (χ0) is 13.4. The summed E-state index contributed by atoms with van der Waals surface area (Å²) in [6.45, 7) is 6.36. The maximum atomic E-state index is 9.98. The average Bonchev–Trinajstić information content (AvgIpc) is 2.71. The van der Waals surface area contributed by atoms with Crippen molar-refractivity contribution in [2.45, 2.75) is 44.8 Å². The maximum Gasteiger partial charge on any atom is 0.0900 e. The smallest absolute Gasteiger partial charge is 0.0900 e. The molecule has 1 aliphatic heterocycles. The van der Waals surface area contributed by atoms with Gasteiger partial charge < -0.3 is 14.7 Å². The fraction of sp³-hybridized carbons (Fsp3) is 1.00. The van der Waals surface area contributed by atoms with E-state index in [1.54, 1.807) is 0 Å². The number of aliphatic hydroxyl groups is 1. The number of hydrogen-bond donors (Lipinski definition) is 1. The molecule has 0 amide bonds. The summed E-state index contributed by atoms with van der Waals surface area (Å²) in [5.41, 5.74) is 0. The third-order valence-electron chi connectivity index (χ3n) is 3.47. The summed E-state index contributed by atoms with van der Waals surface area (Å²) in [4.78, 5) is 4.64. The Morgan fingerprint density at radius 2 is 2.22 bits per heavy atom. The Balaban J connectivity index is 2.19. The lowest BCUT2D eigenvalue weighted by Crippen LogP contribution is -2.42. The number of unbranched alkanes of at least 4 members (excludes halogenated alkanes) is 1. The van der Waals surface area contributed by atoms with Crippen molar-refractivity contribution >= 4 is 0 Å². The number of nitrogens with zero attached hydrogens (tertiary/aromatic N) is 2. The molecule has 108 valence electrons. The summed E-state index contributed by atoms with van der Waals surface area (Å²) in [5, 5.41) is 9.98. The lowest BCUT2D eigenvalue weighted by atomic mass is 10.2. The highest BCUT2D eigenvalue weighted by Crippen LogP contribution is 2.17. The molecule has 0 spiro atoms. The van der Waals surface area contributed by atoms with Gasteiger partial charge in [0.05, 0.1) is 12.7 Å². The molecule has 0 saturated carbocycles. The third kappa shape index (κ3) is 6.14. The van der Waals surface area contributed by atoms with Crippen LogP contribution in [0.5, 0.6) is 0 Å². The normalized spacial score (nSPS) is 22.8. The van der Waals surface area contributed by atoms with Crippen LogP contribution in [0.2, 0.25) is 0 Å². The number of likely N-dealkylation sites (N-methyl/N-ethyl adjacent to an activating group) is 1. The van der Waals surface area contributed by atoms with Gasteiger partial charge in [0.25, 0.3) is 0 Å². The second-order valence-corrected chi connectivity index (χ2v) is 5.64. The highest BCUT2D eigenvalue weighted by atomic mass is 16.5. The molecule has 1 rings (SSSR count). The molecule has 0 aliphatic carbocycles. The van der Waals surface area contributed by atoms with E-state index >= 15 is 0 Å². The van der Waals surface area contributed by atoms with Gasteiger partial charge in [0.15, 0.2) is 0 Å².